The molecule has 3 saturated carbocycles. The summed E-state index contributed by atoms with van der Waals surface area (Å²) in [6.45, 7) is 12.8. The maximum absolute atomic E-state index is 12.7. The Morgan fingerprint density at radius 2 is 2.04 bits per heavy atom. The molecule has 3 heteroatoms. The number of carbonyl (C=O) groups is 1. The molecule has 4 aliphatic carbocycles. The average molecular weight is 373 g/mol. The Kier molecular flexibility index (Phi) is 4.33. The van der Waals surface area contributed by atoms with Crippen LogP contribution in [0.15, 0.2) is 23.8 Å². The first-order valence-electron chi connectivity index (χ1n) is 10.9. The molecule has 3 nitrogen and oxygen atoms in total. The number of aliphatic hydroxyl groups excluding tert-OH is 1. The van der Waals surface area contributed by atoms with Gasteiger partial charge in [-0.3, -0.25) is 4.79 Å². The van der Waals surface area contributed by atoms with Gasteiger partial charge in [-0.05, 0) is 67.6 Å². The zero-order valence-corrected chi connectivity index (χ0v) is 17.4. The molecule has 0 aliphatic heterocycles. The van der Waals surface area contributed by atoms with Gasteiger partial charge in [0, 0.05) is 11.8 Å². The Labute approximate surface area is 163 Å². The first kappa shape index (κ1) is 19.4. The predicted octanol–water partition coefficient (Wildman–Crippen LogP) is 4.43. The zero-order chi connectivity index (χ0) is 19.8. The molecule has 0 spiro atoms. The number of aliphatic hydroxyl groups is 2. The lowest BCUT2D eigenvalue weighted by Gasteiger charge is -2.62. The molecular formula is C24H36O3. The van der Waals surface area contributed by atoms with E-state index in [0.717, 1.165) is 25.7 Å². The van der Waals surface area contributed by atoms with Crippen LogP contribution in [0.3, 0.4) is 0 Å². The van der Waals surface area contributed by atoms with Crippen molar-refractivity contribution >= 4 is 5.78 Å². The topological polar surface area (TPSA) is 57.5 Å². The Balaban J connectivity index is 1.77. The summed E-state index contributed by atoms with van der Waals surface area (Å²) in [5.74, 6) is 1.35. The maximum Gasteiger partial charge on any atom is 0.164 e. The second kappa shape index (κ2) is 6.03. The van der Waals surface area contributed by atoms with Crippen molar-refractivity contribution in [2.75, 3.05) is 0 Å². The van der Waals surface area contributed by atoms with Crippen LogP contribution in [0.4, 0.5) is 0 Å². The lowest BCUT2D eigenvalue weighted by atomic mass is 9.44. The van der Waals surface area contributed by atoms with Crippen molar-refractivity contribution in [3.8, 4) is 0 Å². The van der Waals surface area contributed by atoms with Gasteiger partial charge in [0.05, 0.1) is 6.10 Å². The Morgan fingerprint density at radius 3 is 2.70 bits per heavy atom. The SMILES string of the molecule is C=C1C=C2[C@@H](C)C[C@@H]3[C@H]([C@@H](O)C[C@@]4(C)[C@H]3CC[C@]4(O)C(=O)CC)[C@@]2(C)CC1. The number of carbonyl (C=O) groups excluding carboxylic acids is 1. The van der Waals surface area contributed by atoms with E-state index in [1.165, 1.54) is 11.1 Å². The number of Topliss-reactive ketones (excluding diaryl/α,β-unsaturated/α-hetero) is 1. The van der Waals surface area contributed by atoms with Crippen LogP contribution >= 0.6 is 0 Å². The van der Waals surface area contributed by atoms with Crippen LogP contribution in [0.1, 0.15) is 72.6 Å². The van der Waals surface area contributed by atoms with E-state index in [0.29, 0.717) is 37.0 Å². The minimum Gasteiger partial charge on any atom is -0.393 e. The molecule has 0 saturated heterocycles. The highest BCUT2D eigenvalue weighted by Crippen LogP contribution is 2.68. The molecule has 0 aromatic carbocycles. The van der Waals surface area contributed by atoms with Crippen LogP contribution in [0.25, 0.3) is 0 Å². The highest BCUT2D eigenvalue weighted by molar-refractivity contribution is 5.88. The molecule has 0 amide bonds. The van der Waals surface area contributed by atoms with E-state index in [4.69, 9.17) is 0 Å². The fraction of sp³-hybridized carbons (Fsp3) is 0.792. The Morgan fingerprint density at radius 1 is 1.33 bits per heavy atom. The molecule has 0 unspecified atom stereocenters. The standard InChI is InChI=1S/C24H36O3/c1-6-20(26)24(27)10-8-17-16-12-15(3)18-11-14(2)7-9-22(18,4)21(16)19(25)13-23(17,24)5/h11,15-17,19,21,25,27H,2,6-10,12-13H2,1,3-5H3/t15-,16-,17-,19-,21+,22-,23-,24-/m0/s1. The first-order valence-corrected chi connectivity index (χ1v) is 10.9. The highest BCUT2D eigenvalue weighted by atomic mass is 16.3. The monoisotopic (exact) mass is 372 g/mol. The van der Waals surface area contributed by atoms with E-state index in [9.17, 15) is 15.0 Å². The van der Waals surface area contributed by atoms with Gasteiger partial charge in [-0.25, -0.2) is 0 Å². The summed E-state index contributed by atoms with van der Waals surface area (Å²) in [5, 5.41) is 22.8. The number of allylic oxidation sites excluding steroid dienone is 3. The first-order chi connectivity index (χ1) is 12.6. The number of hydrogen-bond donors (Lipinski definition) is 2. The summed E-state index contributed by atoms with van der Waals surface area (Å²) in [6, 6.07) is 0. The number of hydrogen-bond acceptors (Lipinski definition) is 3. The fourth-order valence-corrected chi connectivity index (χ4v) is 7.96. The molecule has 3 fully saturated rings. The van der Waals surface area contributed by atoms with Crippen molar-refractivity contribution in [2.24, 2.45) is 34.5 Å². The molecule has 2 N–H and O–H groups in total. The Hall–Kier alpha value is -0.930. The van der Waals surface area contributed by atoms with E-state index in [2.05, 4.69) is 33.4 Å². The average Bonchev–Trinajstić information content (AvgIpc) is 2.87. The molecule has 27 heavy (non-hydrogen) atoms. The summed E-state index contributed by atoms with van der Waals surface area (Å²) < 4.78 is 0. The van der Waals surface area contributed by atoms with Gasteiger partial charge in [0.15, 0.2) is 5.78 Å². The van der Waals surface area contributed by atoms with Crippen LogP contribution in [0.5, 0.6) is 0 Å². The van der Waals surface area contributed by atoms with Gasteiger partial charge in [0.2, 0.25) is 0 Å². The number of rotatable bonds is 2. The Bertz CT molecular complexity index is 708. The van der Waals surface area contributed by atoms with Gasteiger partial charge in [-0.1, -0.05) is 51.5 Å². The molecular weight excluding hydrogens is 336 g/mol. The second-order valence-corrected chi connectivity index (χ2v) is 10.5. The molecule has 0 aromatic heterocycles. The quantitative estimate of drug-likeness (QED) is 0.754. The minimum absolute atomic E-state index is 0.0136. The lowest BCUT2D eigenvalue weighted by molar-refractivity contribution is -0.182. The smallest absolute Gasteiger partial charge is 0.164 e. The summed E-state index contributed by atoms with van der Waals surface area (Å²) in [6.07, 6.45) is 7.32. The molecule has 150 valence electrons. The maximum atomic E-state index is 12.7. The van der Waals surface area contributed by atoms with Gasteiger partial charge < -0.3 is 10.2 Å². The number of fused-ring (bicyclic) bond motifs is 5. The second-order valence-electron chi connectivity index (χ2n) is 10.5. The predicted molar refractivity (Wildman–Crippen MR) is 107 cm³/mol. The van der Waals surface area contributed by atoms with E-state index in [1.54, 1.807) is 0 Å². The third kappa shape index (κ3) is 2.37. The van der Waals surface area contributed by atoms with Crippen molar-refractivity contribution in [3.63, 3.8) is 0 Å². The van der Waals surface area contributed by atoms with Gasteiger partial charge in [0.1, 0.15) is 5.60 Å². The third-order valence-electron chi connectivity index (χ3n) is 9.27. The molecule has 4 rings (SSSR count). The number of ketones is 1. The molecule has 4 aliphatic rings. The van der Waals surface area contributed by atoms with Crippen molar-refractivity contribution in [3.05, 3.63) is 23.8 Å². The van der Waals surface area contributed by atoms with Crippen LogP contribution in [-0.4, -0.2) is 27.7 Å². The largest absolute Gasteiger partial charge is 0.393 e. The van der Waals surface area contributed by atoms with Crippen molar-refractivity contribution in [2.45, 2.75) is 84.3 Å². The van der Waals surface area contributed by atoms with Gasteiger partial charge in [0.25, 0.3) is 0 Å². The van der Waals surface area contributed by atoms with Gasteiger partial charge >= 0.3 is 0 Å². The fourth-order valence-electron chi connectivity index (χ4n) is 7.96. The van der Waals surface area contributed by atoms with Crippen LogP contribution < -0.4 is 0 Å². The molecule has 0 radical (unpaired) electrons. The van der Waals surface area contributed by atoms with Crippen molar-refractivity contribution in [1.29, 1.82) is 0 Å². The highest BCUT2D eigenvalue weighted by Gasteiger charge is 2.68. The summed E-state index contributed by atoms with van der Waals surface area (Å²) in [4.78, 5) is 12.7. The van der Waals surface area contributed by atoms with Crippen molar-refractivity contribution in [1.82, 2.24) is 0 Å². The van der Waals surface area contributed by atoms with Gasteiger partial charge in [-0.2, -0.15) is 0 Å². The van der Waals surface area contributed by atoms with E-state index in [-0.39, 0.29) is 17.1 Å². The molecule has 0 heterocycles. The normalized spacial score (nSPS) is 51.9. The van der Waals surface area contributed by atoms with Crippen LogP contribution in [0, 0.1) is 34.5 Å². The van der Waals surface area contributed by atoms with Gasteiger partial charge in [-0.15, -0.1) is 0 Å². The lowest BCUT2D eigenvalue weighted by Crippen LogP contribution is -2.62. The summed E-state index contributed by atoms with van der Waals surface area (Å²) in [7, 11) is 0. The summed E-state index contributed by atoms with van der Waals surface area (Å²) in [5.41, 5.74) is 0.933. The van der Waals surface area contributed by atoms with E-state index >= 15 is 0 Å². The molecule has 8 atom stereocenters. The van der Waals surface area contributed by atoms with Crippen molar-refractivity contribution < 1.29 is 15.0 Å². The molecule has 0 aromatic rings. The zero-order valence-electron chi connectivity index (χ0n) is 17.4. The minimum atomic E-state index is -1.26. The van der Waals surface area contributed by atoms with Crippen LogP contribution in [-0.2, 0) is 4.79 Å². The molecule has 0 bridgehead atoms. The van der Waals surface area contributed by atoms with Crippen LogP contribution in [0.2, 0.25) is 0 Å². The van der Waals surface area contributed by atoms with E-state index < -0.39 is 17.1 Å². The van der Waals surface area contributed by atoms with E-state index in [1.807, 2.05) is 6.92 Å². The third-order valence-corrected chi connectivity index (χ3v) is 9.27. The summed E-state index contributed by atoms with van der Waals surface area (Å²) >= 11 is 0.